The molecule has 0 aliphatic carbocycles. The highest BCUT2D eigenvalue weighted by Gasteiger charge is 2.07. The van der Waals surface area contributed by atoms with Gasteiger partial charge in [0, 0.05) is 5.38 Å². The van der Waals surface area contributed by atoms with Crippen LogP contribution in [0.1, 0.15) is 16.2 Å². The van der Waals surface area contributed by atoms with Crippen LogP contribution in [-0.4, -0.2) is 15.7 Å². The molecule has 2 heterocycles. The predicted molar refractivity (Wildman–Crippen MR) is 43.2 cm³/mol. The van der Waals surface area contributed by atoms with Crippen LogP contribution in [0, 0.1) is 11.3 Å². The van der Waals surface area contributed by atoms with Crippen molar-refractivity contribution in [1.29, 1.82) is 5.26 Å². The van der Waals surface area contributed by atoms with Gasteiger partial charge in [0.05, 0.1) is 5.69 Å². The predicted octanol–water partition coefficient (Wildman–Crippen LogP) is 1.08. The van der Waals surface area contributed by atoms with E-state index in [1.165, 1.54) is 17.7 Å². The van der Waals surface area contributed by atoms with E-state index < -0.39 is 0 Å². The van der Waals surface area contributed by atoms with E-state index in [9.17, 15) is 4.79 Å². The number of aromatic nitrogens is 2. The minimum Gasteiger partial charge on any atom is -0.296 e. The fourth-order valence-electron chi connectivity index (χ4n) is 0.968. The van der Waals surface area contributed by atoms with Gasteiger partial charge in [-0.05, 0) is 0 Å². The molecule has 2 aromatic heterocycles. The first-order chi connectivity index (χ1) is 5.86. The molecule has 2 rings (SSSR count). The van der Waals surface area contributed by atoms with Crippen molar-refractivity contribution >= 4 is 22.5 Å². The largest absolute Gasteiger partial charge is 0.296 e. The number of carbonyl (C=O) groups is 1. The van der Waals surface area contributed by atoms with Gasteiger partial charge in [-0.1, -0.05) is 0 Å². The molecule has 0 bridgehead atoms. The van der Waals surface area contributed by atoms with E-state index in [0.717, 1.165) is 11.1 Å². The van der Waals surface area contributed by atoms with Gasteiger partial charge in [0.15, 0.2) is 12.0 Å². The summed E-state index contributed by atoms with van der Waals surface area (Å²) in [5.74, 6) is 0. The molecular formula is C7H3N3OS. The number of nitrogens with zero attached hydrogens (tertiary/aromatic N) is 3. The van der Waals surface area contributed by atoms with Crippen molar-refractivity contribution in [3.63, 3.8) is 0 Å². The van der Waals surface area contributed by atoms with Crippen molar-refractivity contribution in [2.75, 3.05) is 0 Å². The summed E-state index contributed by atoms with van der Waals surface area (Å²) in [5, 5.41) is 10.3. The first-order valence-corrected chi connectivity index (χ1v) is 4.04. The maximum Gasteiger partial charge on any atom is 0.176 e. The minimum atomic E-state index is 0.369. The molecule has 0 saturated heterocycles. The van der Waals surface area contributed by atoms with E-state index in [2.05, 4.69) is 4.98 Å². The van der Waals surface area contributed by atoms with Crippen molar-refractivity contribution in [2.45, 2.75) is 0 Å². The Bertz CT molecular complexity index is 476. The lowest BCUT2D eigenvalue weighted by Crippen LogP contribution is -1.84. The van der Waals surface area contributed by atoms with Crippen LogP contribution in [-0.2, 0) is 0 Å². The van der Waals surface area contributed by atoms with E-state index in [1.807, 2.05) is 6.07 Å². The van der Waals surface area contributed by atoms with Crippen LogP contribution in [0.25, 0.3) is 4.83 Å². The van der Waals surface area contributed by atoms with Gasteiger partial charge in [0.2, 0.25) is 0 Å². The van der Waals surface area contributed by atoms with Gasteiger partial charge in [-0.15, -0.1) is 11.3 Å². The molecule has 0 fully saturated rings. The van der Waals surface area contributed by atoms with E-state index in [4.69, 9.17) is 5.26 Å². The number of fused-ring (bicyclic) bond motifs is 1. The minimum absolute atomic E-state index is 0.369. The summed E-state index contributed by atoms with van der Waals surface area (Å²) in [4.78, 5) is 15.0. The van der Waals surface area contributed by atoms with Crippen LogP contribution in [0.15, 0.2) is 11.7 Å². The monoisotopic (exact) mass is 177 g/mol. The van der Waals surface area contributed by atoms with E-state index >= 15 is 0 Å². The Kier molecular flexibility index (Phi) is 1.42. The maximum atomic E-state index is 10.5. The average Bonchev–Trinajstić information content (AvgIpc) is 2.62. The van der Waals surface area contributed by atoms with Crippen LogP contribution < -0.4 is 0 Å². The zero-order valence-electron chi connectivity index (χ0n) is 5.89. The molecule has 0 saturated carbocycles. The molecular weight excluding hydrogens is 174 g/mol. The third-order valence-electron chi connectivity index (χ3n) is 1.52. The number of thiazole rings is 1. The second-order valence-corrected chi connectivity index (χ2v) is 3.02. The first-order valence-electron chi connectivity index (χ1n) is 3.16. The van der Waals surface area contributed by atoms with Gasteiger partial charge in [-0.25, -0.2) is 4.98 Å². The van der Waals surface area contributed by atoms with Crippen LogP contribution in [0.3, 0.4) is 0 Å². The third-order valence-corrected chi connectivity index (χ3v) is 2.49. The number of nitriles is 1. The molecule has 2 aromatic rings. The fourth-order valence-corrected chi connectivity index (χ4v) is 1.85. The van der Waals surface area contributed by atoms with Crippen LogP contribution in [0.4, 0.5) is 0 Å². The molecule has 0 N–H and O–H groups in total. The van der Waals surface area contributed by atoms with E-state index in [-0.39, 0.29) is 0 Å². The van der Waals surface area contributed by atoms with Gasteiger partial charge in [0.25, 0.3) is 0 Å². The normalized spacial score (nSPS) is 9.92. The Morgan fingerprint density at radius 1 is 1.75 bits per heavy atom. The molecule has 0 amide bonds. The lowest BCUT2D eigenvalue weighted by molar-refractivity contribution is 0.111. The van der Waals surface area contributed by atoms with Crippen molar-refractivity contribution in [3.8, 4) is 6.07 Å². The number of imidazole rings is 1. The zero-order valence-corrected chi connectivity index (χ0v) is 6.71. The summed E-state index contributed by atoms with van der Waals surface area (Å²) in [6.07, 6.45) is 2.22. The smallest absolute Gasteiger partial charge is 0.176 e. The van der Waals surface area contributed by atoms with E-state index in [1.54, 1.807) is 9.78 Å². The highest BCUT2D eigenvalue weighted by atomic mass is 32.1. The summed E-state index contributed by atoms with van der Waals surface area (Å²) in [6.45, 7) is 0. The van der Waals surface area contributed by atoms with Gasteiger partial charge in [-0.2, -0.15) is 5.26 Å². The number of rotatable bonds is 1. The molecule has 0 unspecified atom stereocenters. The van der Waals surface area contributed by atoms with Crippen LogP contribution in [0.2, 0.25) is 0 Å². The number of hydrogen-bond donors (Lipinski definition) is 0. The van der Waals surface area contributed by atoms with Gasteiger partial charge >= 0.3 is 0 Å². The average molecular weight is 177 g/mol. The standard InChI is InChI=1S/C7H3N3OS/c8-1-6-7-10(4-9-6)5(2-11)3-12-7/h2-4H. The molecule has 0 spiro atoms. The van der Waals surface area contributed by atoms with Gasteiger partial charge in [0.1, 0.15) is 17.2 Å². The third kappa shape index (κ3) is 0.756. The molecule has 0 radical (unpaired) electrons. The van der Waals surface area contributed by atoms with Crippen LogP contribution in [0.5, 0.6) is 0 Å². The molecule has 58 valence electrons. The summed E-state index contributed by atoms with van der Waals surface area (Å²) in [7, 11) is 0. The van der Waals surface area contributed by atoms with E-state index in [0.29, 0.717) is 11.4 Å². The highest BCUT2D eigenvalue weighted by molar-refractivity contribution is 7.16. The van der Waals surface area contributed by atoms with Crippen molar-refractivity contribution in [2.24, 2.45) is 0 Å². The Morgan fingerprint density at radius 2 is 2.58 bits per heavy atom. The molecule has 5 heteroatoms. The molecule has 0 aromatic carbocycles. The Morgan fingerprint density at radius 3 is 3.25 bits per heavy atom. The summed E-state index contributed by atoms with van der Waals surface area (Å²) < 4.78 is 1.61. The highest BCUT2D eigenvalue weighted by Crippen LogP contribution is 2.17. The fraction of sp³-hybridized carbons (Fsp3) is 0. The summed E-state index contributed by atoms with van der Waals surface area (Å²) in [5.41, 5.74) is 0.900. The van der Waals surface area contributed by atoms with Gasteiger partial charge in [-0.3, -0.25) is 9.20 Å². The first kappa shape index (κ1) is 7.00. The summed E-state index contributed by atoms with van der Waals surface area (Å²) in [6, 6.07) is 1.95. The lowest BCUT2D eigenvalue weighted by Gasteiger charge is -1.81. The molecule has 0 aliphatic rings. The Labute approximate surface area is 71.7 Å². The number of carbonyl (C=O) groups excluding carboxylic acids is 1. The van der Waals surface area contributed by atoms with Crippen molar-refractivity contribution in [1.82, 2.24) is 9.38 Å². The molecule has 0 atom stereocenters. The zero-order chi connectivity index (χ0) is 8.55. The molecule has 0 aliphatic heterocycles. The van der Waals surface area contributed by atoms with Crippen LogP contribution >= 0.6 is 11.3 Å². The van der Waals surface area contributed by atoms with Crippen molar-refractivity contribution < 1.29 is 4.79 Å². The Hall–Kier alpha value is -1.67. The summed E-state index contributed by atoms with van der Waals surface area (Å²) >= 11 is 1.34. The molecule has 4 nitrogen and oxygen atoms in total. The SMILES string of the molecule is N#Cc1ncn2c(C=O)csc12. The Balaban J connectivity index is 2.84. The maximum absolute atomic E-state index is 10.5. The molecule has 12 heavy (non-hydrogen) atoms. The van der Waals surface area contributed by atoms with Gasteiger partial charge < -0.3 is 0 Å². The second kappa shape index (κ2) is 2.43. The number of aldehydes is 1. The lowest BCUT2D eigenvalue weighted by atomic mass is 10.5. The topological polar surface area (TPSA) is 58.2 Å². The quantitative estimate of drug-likeness (QED) is 0.612. The van der Waals surface area contributed by atoms with Crippen molar-refractivity contribution in [3.05, 3.63) is 23.1 Å². The second-order valence-electron chi connectivity index (χ2n) is 2.16. The number of hydrogen-bond acceptors (Lipinski definition) is 4.